The van der Waals surface area contributed by atoms with Gasteiger partial charge in [-0.1, -0.05) is 24.3 Å². The Bertz CT molecular complexity index is 1060. The second-order valence-electron chi connectivity index (χ2n) is 6.85. The average Bonchev–Trinajstić information content (AvgIpc) is 3.32. The standard InChI is InChI=1S/C18H20N2O4S2/c1-13-11-14-5-2-3-8-18(14)20(13)26(23,24)17-7-4-6-16(12-17)25(21,22)19-15-9-10-15/h2-8,12-13,15,19H,9-11H2,1H3. The van der Waals surface area contributed by atoms with Crippen molar-refractivity contribution >= 4 is 25.7 Å². The van der Waals surface area contributed by atoms with Crippen molar-refractivity contribution in [3.8, 4) is 0 Å². The second kappa shape index (κ2) is 6.07. The quantitative estimate of drug-likeness (QED) is 0.846. The summed E-state index contributed by atoms with van der Waals surface area (Å²) in [6.07, 6.45) is 2.27. The molecule has 138 valence electrons. The molecule has 1 heterocycles. The number of hydrogen-bond acceptors (Lipinski definition) is 4. The van der Waals surface area contributed by atoms with Gasteiger partial charge in [0.05, 0.1) is 15.5 Å². The molecule has 0 amide bonds. The Labute approximate surface area is 153 Å². The lowest BCUT2D eigenvalue weighted by Crippen LogP contribution is -2.36. The van der Waals surface area contributed by atoms with Crippen LogP contribution in [0.15, 0.2) is 58.3 Å². The number of benzene rings is 2. The molecular formula is C18H20N2O4S2. The number of fused-ring (bicyclic) bond motifs is 1. The molecule has 2 aliphatic rings. The first-order valence-corrected chi connectivity index (χ1v) is 11.5. The molecule has 2 aromatic carbocycles. The van der Waals surface area contributed by atoms with Crippen LogP contribution in [0.4, 0.5) is 5.69 Å². The maximum atomic E-state index is 13.2. The zero-order valence-corrected chi connectivity index (χ0v) is 15.9. The Hall–Kier alpha value is -1.90. The van der Waals surface area contributed by atoms with E-state index >= 15 is 0 Å². The van der Waals surface area contributed by atoms with Gasteiger partial charge >= 0.3 is 0 Å². The molecule has 0 radical (unpaired) electrons. The zero-order valence-electron chi connectivity index (χ0n) is 14.3. The molecule has 4 rings (SSSR count). The van der Waals surface area contributed by atoms with Crippen LogP contribution in [-0.4, -0.2) is 28.9 Å². The number of anilines is 1. The summed E-state index contributed by atoms with van der Waals surface area (Å²) in [7, 11) is -7.57. The lowest BCUT2D eigenvalue weighted by atomic mass is 10.1. The van der Waals surface area contributed by atoms with Crippen LogP contribution < -0.4 is 9.03 Å². The van der Waals surface area contributed by atoms with Crippen molar-refractivity contribution in [1.82, 2.24) is 4.72 Å². The van der Waals surface area contributed by atoms with Crippen molar-refractivity contribution in [2.24, 2.45) is 0 Å². The fourth-order valence-electron chi connectivity index (χ4n) is 3.31. The summed E-state index contributed by atoms with van der Waals surface area (Å²) in [6, 6.07) is 12.7. The molecule has 2 aromatic rings. The lowest BCUT2D eigenvalue weighted by molar-refractivity contribution is 0.580. The summed E-state index contributed by atoms with van der Waals surface area (Å²) in [5.74, 6) is 0. The Morgan fingerprint density at radius 2 is 1.65 bits per heavy atom. The van der Waals surface area contributed by atoms with Crippen molar-refractivity contribution in [2.45, 2.75) is 48.1 Å². The largest absolute Gasteiger partial charge is 0.264 e. The van der Waals surface area contributed by atoms with E-state index < -0.39 is 20.0 Å². The SMILES string of the molecule is CC1Cc2ccccc2N1S(=O)(=O)c1cccc(S(=O)(=O)NC2CC2)c1. The maximum absolute atomic E-state index is 13.2. The van der Waals surface area contributed by atoms with Crippen LogP contribution in [0.2, 0.25) is 0 Å². The molecule has 1 aliphatic heterocycles. The van der Waals surface area contributed by atoms with E-state index in [0.29, 0.717) is 12.1 Å². The van der Waals surface area contributed by atoms with Gasteiger partial charge in [0.25, 0.3) is 10.0 Å². The second-order valence-corrected chi connectivity index (χ2v) is 10.4. The lowest BCUT2D eigenvalue weighted by Gasteiger charge is -2.24. The number of nitrogens with one attached hydrogen (secondary N) is 1. The summed E-state index contributed by atoms with van der Waals surface area (Å²) < 4.78 is 55.3. The third-order valence-corrected chi connectivity index (χ3v) is 8.16. The Kier molecular flexibility index (Phi) is 4.09. The Morgan fingerprint density at radius 1 is 0.962 bits per heavy atom. The van der Waals surface area contributed by atoms with Gasteiger partial charge in [-0.2, -0.15) is 0 Å². The van der Waals surface area contributed by atoms with Crippen LogP contribution in [0, 0.1) is 0 Å². The summed E-state index contributed by atoms with van der Waals surface area (Å²) in [5.41, 5.74) is 1.63. The van der Waals surface area contributed by atoms with Gasteiger partial charge in [-0.05, 0) is 56.0 Å². The number of sulfonamides is 2. The molecule has 0 bridgehead atoms. The minimum Gasteiger partial charge on any atom is -0.263 e. The minimum atomic E-state index is -3.86. The first-order valence-electron chi connectivity index (χ1n) is 8.54. The average molecular weight is 393 g/mol. The molecule has 0 aromatic heterocycles. The Balaban J connectivity index is 1.74. The van der Waals surface area contributed by atoms with E-state index in [9.17, 15) is 16.8 Å². The molecule has 1 saturated carbocycles. The van der Waals surface area contributed by atoms with Gasteiger partial charge in [0.2, 0.25) is 10.0 Å². The molecule has 26 heavy (non-hydrogen) atoms. The number of para-hydroxylation sites is 1. The van der Waals surface area contributed by atoms with Crippen LogP contribution in [0.25, 0.3) is 0 Å². The van der Waals surface area contributed by atoms with Crippen molar-refractivity contribution < 1.29 is 16.8 Å². The molecule has 0 saturated heterocycles. The van der Waals surface area contributed by atoms with Crippen LogP contribution in [0.3, 0.4) is 0 Å². The van der Waals surface area contributed by atoms with E-state index in [2.05, 4.69) is 4.72 Å². The highest BCUT2D eigenvalue weighted by Crippen LogP contribution is 2.36. The molecule has 1 atom stereocenters. The maximum Gasteiger partial charge on any atom is 0.264 e. The van der Waals surface area contributed by atoms with E-state index in [1.807, 2.05) is 19.1 Å². The molecule has 1 fully saturated rings. The van der Waals surface area contributed by atoms with Gasteiger partial charge in [-0.15, -0.1) is 0 Å². The molecule has 1 N–H and O–H groups in total. The van der Waals surface area contributed by atoms with Gasteiger partial charge in [0.15, 0.2) is 0 Å². The smallest absolute Gasteiger partial charge is 0.263 e. The van der Waals surface area contributed by atoms with Gasteiger partial charge in [-0.3, -0.25) is 4.31 Å². The van der Waals surface area contributed by atoms with Gasteiger partial charge < -0.3 is 0 Å². The summed E-state index contributed by atoms with van der Waals surface area (Å²) in [5, 5.41) is 0. The van der Waals surface area contributed by atoms with Crippen LogP contribution >= 0.6 is 0 Å². The van der Waals surface area contributed by atoms with Crippen LogP contribution in [-0.2, 0) is 26.5 Å². The summed E-state index contributed by atoms with van der Waals surface area (Å²) in [6.45, 7) is 1.85. The Morgan fingerprint density at radius 3 is 2.38 bits per heavy atom. The summed E-state index contributed by atoms with van der Waals surface area (Å²) >= 11 is 0. The van der Waals surface area contributed by atoms with Crippen LogP contribution in [0.1, 0.15) is 25.3 Å². The predicted octanol–water partition coefficient (Wildman–Crippen LogP) is 2.27. The van der Waals surface area contributed by atoms with Crippen molar-refractivity contribution in [2.75, 3.05) is 4.31 Å². The number of rotatable bonds is 5. The molecular weight excluding hydrogens is 372 g/mol. The first-order chi connectivity index (χ1) is 12.3. The van der Waals surface area contributed by atoms with Gasteiger partial charge in [0, 0.05) is 12.1 Å². The minimum absolute atomic E-state index is 0.0141. The predicted molar refractivity (Wildman–Crippen MR) is 99.1 cm³/mol. The molecule has 1 unspecified atom stereocenters. The normalized spacial score (nSPS) is 20.2. The van der Waals surface area contributed by atoms with E-state index in [1.54, 1.807) is 12.1 Å². The third-order valence-electron chi connectivity index (χ3n) is 4.72. The van der Waals surface area contributed by atoms with Crippen molar-refractivity contribution in [3.05, 3.63) is 54.1 Å². The van der Waals surface area contributed by atoms with E-state index in [0.717, 1.165) is 18.4 Å². The van der Waals surface area contributed by atoms with Crippen molar-refractivity contribution in [1.29, 1.82) is 0 Å². The van der Waals surface area contributed by atoms with Crippen molar-refractivity contribution in [3.63, 3.8) is 0 Å². The topological polar surface area (TPSA) is 83.6 Å². The highest BCUT2D eigenvalue weighted by Gasteiger charge is 2.36. The molecule has 8 heteroatoms. The first kappa shape index (κ1) is 17.5. The molecule has 1 aliphatic carbocycles. The fraction of sp³-hybridized carbons (Fsp3) is 0.333. The number of nitrogens with zero attached hydrogens (tertiary/aromatic N) is 1. The highest BCUT2D eigenvalue weighted by atomic mass is 32.2. The monoisotopic (exact) mass is 392 g/mol. The summed E-state index contributed by atoms with van der Waals surface area (Å²) in [4.78, 5) is -0.0367. The van der Waals surface area contributed by atoms with E-state index in [1.165, 1.54) is 28.6 Å². The van der Waals surface area contributed by atoms with E-state index in [-0.39, 0.29) is 21.9 Å². The van der Waals surface area contributed by atoms with Gasteiger partial charge in [-0.25, -0.2) is 21.6 Å². The molecule has 6 nitrogen and oxygen atoms in total. The molecule has 0 spiro atoms. The van der Waals surface area contributed by atoms with Gasteiger partial charge in [0.1, 0.15) is 0 Å². The highest BCUT2D eigenvalue weighted by molar-refractivity contribution is 7.93. The fourth-order valence-corrected chi connectivity index (χ4v) is 6.47. The zero-order chi connectivity index (χ0) is 18.5. The number of hydrogen-bond donors (Lipinski definition) is 1. The van der Waals surface area contributed by atoms with E-state index in [4.69, 9.17) is 0 Å². The third kappa shape index (κ3) is 3.02. The van der Waals surface area contributed by atoms with Crippen LogP contribution in [0.5, 0.6) is 0 Å².